The van der Waals surface area contributed by atoms with Gasteiger partial charge in [-0.3, -0.25) is 9.59 Å². The first-order valence-electron chi connectivity index (χ1n) is 11.0. The van der Waals surface area contributed by atoms with Gasteiger partial charge in [-0.2, -0.15) is 0 Å². The molecule has 0 saturated heterocycles. The second-order valence-electron chi connectivity index (χ2n) is 7.85. The number of amides is 3. The van der Waals surface area contributed by atoms with Gasteiger partial charge >= 0.3 is 6.09 Å². The van der Waals surface area contributed by atoms with Crippen molar-refractivity contribution in [1.29, 1.82) is 0 Å². The Morgan fingerprint density at radius 3 is 2.64 bits per heavy atom. The fourth-order valence-corrected chi connectivity index (χ4v) is 3.70. The summed E-state index contributed by atoms with van der Waals surface area (Å²) in [5.74, 6) is -0.538. The monoisotopic (exact) mass is 469 g/mol. The number of halogens is 1. The Morgan fingerprint density at radius 2 is 1.85 bits per heavy atom. The number of nitrogens with one attached hydrogen (secondary N) is 3. The van der Waals surface area contributed by atoms with Crippen molar-refractivity contribution in [3.63, 3.8) is 0 Å². The summed E-state index contributed by atoms with van der Waals surface area (Å²) in [6.07, 6.45) is 4.64. The summed E-state index contributed by atoms with van der Waals surface area (Å²) in [6, 6.07) is 15.4. The lowest BCUT2D eigenvalue weighted by atomic mass is 10.0. The number of carbonyl (C=O) groups excluding carboxylic acids is 3. The molecular weight excluding hydrogens is 442 g/mol. The summed E-state index contributed by atoms with van der Waals surface area (Å²) >= 11 is 6.08. The standard InChI is InChI=1S/C25H28ClN3O4/c26-20-10-6-9-19(15-20)16-21-12-13-23(30)27-14-5-4-11-22(24(31)28-21)29-25(32)33-17-18-7-2-1-3-8-18/h1-3,6-10,12-13,15,21-22H,4-5,11,14,16-17H2,(H,27,30)(H,28,31)(H,29,32)/b13-12-/t21-,22+/m1/s1. The molecule has 0 unspecified atom stereocenters. The van der Waals surface area contributed by atoms with Gasteiger partial charge in [0.25, 0.3) is 0 Å². The Bertz CT molecular complexity index is 981. The van der Waals surface area contributed by atoms with E-state index in [0.717, 1.165) is 11.1 Å². The molecule has 0 radical (unpaired) electrons. The van der Waals surface area contributed by atoms with E-state index in [1.54, 1.807) is 12.1 Å². The average molecular weight is 470 g/mol. The maximum atomic E-state index is 13.0. The highest BCUT2D eigenvalue weighted by atomic mass is 35.5. The third kappa shape index (κ3) is 8.61. The van der Waals surface area contributed by atoms with Gasteiger partial charge in [0.1, 0.15) is 12.6 Å². The zero-order valence-corrected chi connectivity index (χ0v) is 19.0. The van der Waals surface area contributed by atoms with Gasteiger partial charge in [0, 0.05) is 17.6 Å². The summed E-state index contributed by atoms with van der Waals surface area (Å²) in [6.45, 7) is 0.613. The van der Waals surface area contributed by atoms with E-state index >= 15 is 0 Å². The van der Waals surface area contributed by atoms with Crippen molar-refractivity contribution < 1.29 is 19.1 Å². The largest absolute Gasteiger partial charge is 0.445 e. The van der Waals surface area contributed by atoms with Crippen LogP contribution in [0.4, 0.5) is 4.79 Å². The third-order valence-corrected chi connectivity index (χ3v) is 5.43. The van der Waals surface area contributed by atoms with E-state index < -0.39 is 18.2 Å². The molecule has 0 aromatic heterocycles. The van der Waals surface area contributed by atoms with E-state index in [2.05, 4.69) is 16.0 Å². The number of carbonyl (C=O) groups is 3. The van der Waals surface area contributed by atoms with E-state index in [0.29, 0.717) is 37.3 Å². The molecule has 1 aliphatic rings. The van der Waals surface area contributed by atoms with Crippen molar-refractivity contribution in [2.45, 2.75) is 44.4 Å². The van der Waals surface area contributed by atoms with Crippen molar-refractivity contribution in [2.75, 3.05) is 6.54 Å². The zero-order chi connectivity index (χ0) is 23.5. The number of ether oxygens (including phenoxy) is 1. The van der Waals surface area contributed by atoms with E-state index in [1.165, 1.54) is 6.08 Å². The minimum atomic E-state index is -0.751. The van der Waals surface area contributed by atoms with Crippen molar-refractivity contribution >= 4 is 29.5 Å². The SMILES string of the molecule is O=C1/C=C\[C@H](Cc2cccc(Cl)c2)NC(=O)[C@@H](NC(=O)OCc2ccccc2)CCCCN1. The summed E-state index contributed by atoms with van der Waals surface area (Å²) in [5, 5.41) is 9.04. The van der Waals surface area contributed by atoms with Crippen molar-refractivity contribution in [2.24, 2.45) is 0 Å². The third-order valence-electron chi connectivity index (χ3n) is 5.19. The van der Waals surface area contributed by atoms with Crippen LogP contribution in [0.15, 0.2) is 66.7 Å². The van der Waals surface area contributed by atoms with E-state index in [1.807, 2.05) is 48.5 Å². The van der Waals surface area contributed by atoms with Crippen molar-refractivity contribution in [3.05, 3.63) is 82.9 Å². The molecule has 7 nitrogen and oxygen atoms in total. The van der Waals surface area contributed by atoms with Crippen LogP contribution in [0.1, 0.15) is 30.4 Å². The van der Waals surface area contributed by atoms with Crippen molar-refractivity contribution in [3.8, 4) is 0 Å². The molecule has 33 heavy (non-hydrogen) atoms. The maximum Gasteiger partial charge on any atom is 0.408 e. The molecule has 8 heteroatoms. The van der Waals surface area contributed by atoms with Crippen molar-refractivity contribution in [1.82, 2.24) is 16.0 Å². The molecule has 1 heterocycles. The van der Waals surface area contributed by atoms with E-state index in [9.17, 15) is 14.4 Å². The number of hydrogen-bond acceptors (Lipinski definition) is 4. The smallest absolute Gasteiger partial charge is 0.408 e. The lowest BCUT2D eigenvalue weighted by Crippen LogP contribution is -2.50. The van der Waals surface area contributed by atoms with Crippen LogP contribution in [-0.2, 0) is 27.4 Å². The van der Waals surface area contributed by atoms with Crippen LogP contribution in [0.3, 0.4) is 0 Å². The lowest BCUT2D eigenvalue weighted by Gasteiger charge is -2.22. The van der Waals surface area contributed by atoms with Crippen LogP contribution in [0.2, 0.25) is 5.02 Å². The summed E-state index contributed by atoms with van der Waals surface area (Å²) in [5.41, 5.74) is 1.77. The normalized spacial score (nSPS) is 20.4. The second-order valence-corrected chi connectivity index (χ2v) is 8.29. The van der Waals surface area contributed by atoms with Gasteiger partial charge in [0.05, 0.1) is 6.04 Å². The quantitative estimate of drug-likeness (QED) is 0.624. The van der Waals surface area contributed by atoms with Gasteiger partial charge in [-0.1, -0.05) is 60.1 Å². The molecule has 174 valence electrons. The summed E-state index contributed by atoms with van der Waals surface area (Å²) in [7, 11) is 0. The highest BCUT2D eigenvalue weighted by molar-refractivity contribution is 6.30. The molecule has 1 aliphatic heterocycles. The molecule has 3 N–H and O–H groups in total. The molecule has 3 amide bonds. The predicted octanol–water partition coefficient (Wildman–Crippen LogP) is 3.52. The van der Waals surface area contributed by atoms with Crippen LogP contribution in [0.25, 0.3) is 0 Å². The van der Waals surface area contributed by atoms with Crippen LogP contribution in [-0.4, -0.2) is 36.5 Å². The van der Waals surface area contributed by atoms with Gasteiger partial charge < -0.3 is 20.7 Å². The highest BCUT2D eigenvalue weighted by Gasteiger charge is 2.24. The Labute approximate surface area is 198 Å². The van der Waals surface area contributed by atoms with E-state index in [4.69, 9.17) is 16.3 Å². The van der Waals surface area contributed by atoms with Crippen LogP contribution in [0, 0.1) is 0 Å². The molecule has 0 spiro atoms. The number of alkyl carbamates (subject to hydrolysis) is 1. The maximum absolute atomic E-state index is 13.0. The van der Waals surface area contributed by atoms with E-state index in [-0.39, 0.29) is 18.4 Å². The fraction of sp³-hybridized carbons (Fsp3) is 0.320. The first kappa shape index (κ1) is 24.3. The first-order chi connectivity index (χ1) is 16.0. The zero-order valence-electron chi connectivity index (χ0n) is 18.3. The summed E-state index contributed by atoms with van der Waals surface area (Å²) in [4.78, 5) is 37.4. The molecule has 2 atom stereocenters. The Morgan fingerprint density at radius 1 is 1.06 bits per heavy atom. The number of benzene rings is 2. The molecule has 2 aromatic rings. The molecule has 3 rings (SSSR count). The Balaban J connectivity index is 1.67. The number of rotatable bonds is 5. The molecule has 0 aliphatic carbocycles. The van der Waals surface area contributed by atoms with Gasteiger partial charge in [0.15, 0.2) is 0 Å². The van der Waals surface area contributed by atoms with Crippen LogP contribution < -0.4 is 16.0 Å². The Hall–Kier alpha value is -3.32. The van der Waals surface area contributed by atoms with Gasteiger partial charge in [-0.05, 0) is 48.9 Å². The minimum absolute atomic E-state index is 0.118. The topological polar surface area (TPSA) is 96.5 Å². The fourth-order valence-electron chi connectivity index (χ4n) is 3.49. The van der Waals surface area contributed by atoms with Crippen LogP contribution in [0.5, 0.6) is 0 Å². The van der Waals surface area contributed by atoms with Crippen LogP contribution >= 0.6 is 11.6 Å². The first-order valence-corrected chi connectivity index (χ1v) is 11.4. The Kier molecular flexibility index (Phi) is 9.32. The molecule has 0 bridgehead atoms. The van der Waals surface area contributed by atoms with Gasteiger partial charge in [-0.15, -0.1) is 0 Å². The average Bonchev–Trinajstić information content (AvgIpc) is 2.80. The van der Waals surface area contributed by atoms with Gasteiger partial charge in [0.2, 0.25) is 11.8 Å². The molecular formula is C25H28ClN3O4. The lowest BCUT2D eigenvalue weighted by molar-refractivity contribution is -0.124. The minimum Gasteiger partial charge on any atom is -0.445 e. The highest BCUT2D eigenvalue weighted by Crippen LogP contribution is 2.13. The second kappa shape index (κ2) is 12.6. The summed E-state index contributed by atoms with van der Waals surface area (Å²) < 4.78 is 5.29. The molecule has 0 fully saturated rings. The molecule has 0 saturated carbocycles. The number of hydrogen-bond donors (Lipinski definition) is 3. The molecule has 2 aromatic carbocycles. The predicted molar refractivity (Wildman–Crippen MR) is 127 cm³/mol. The van der Waals surface area contributed by atoms with Gasteiger partial charge in [-0.25, -0.2) is 4.79 Å².